The van der Waals surface area contributed by atoms with Crippen molar-refractivity contribution in [3.8, 4) is 23.0 Å². The van der Waals surface area contributed by atoms with E-state index in [0.717, 1.165) is 20.8 Å². The Hall–Kier alpha value is -5.09. The van der Waals surface area contributed by atoms with Crippen LogP contribution in [0.25, 0.3) is 10.9 Å². The maximum Gasteiger partial charge on any atom is 0.338 e. The molecule has 5 aromatic rings. The average Bonchev–Trinajstić information content (AvgIpc) is 3.37. The Balaban J connectivity index is 1.29. The van der Waals surface area contributed by atoms with Crippen molar-refractivity contribution in [3.05, 3.63) is 114 Å². The normalized spacial score (nSPS) is 15.1. The number of sulfonamides is 1. The molecule has 0 N–H and O–H groups in total. The minimum absolute atomic E-state index is 0.0823. The lowest BCUT2D eigenvalue weighted by molar-refractivity contribution is 0.234. The average molecular weight is 610 g/mol. The van der Waals surface area contributed by atoms with Gasteiger partial charge in [0, 0.05) is 29.9 Å². The number of carbonyl (C=O) groups is 1. The zero-order chi connectivity index (χ0) is 30.8. The van der Waals surface area contributed by atoms with E-state index >= 15 is 0 Å². The van der Waals surface area contributed by atoms with E-state index in [1.807, 2.05) is 43.3 Å². The second kappa shape index (κ2) is 11.9. The van der Waals surface area contributed by atoms with Gasteiger partial charge in [-0.05, 0) is 67.4 Å². The molecule has 1 unspecified atom stereocenters. The molecule has 1 fully saturated rings. The quantitative estimate of drug-likeness (QED) is 0.186. The maximum absolute atomic E-state index is 13.8. The molecule has 6 rings (SSSR count). The van der Waals surface area contributed by atoms with E-state index in [1.165, 1.54) is 4.90 Å². The lowest BCUT2D eigenvalue weighted by atomic mass is 10.1. The number of urea groups is 1. The fourth-order valence-electron chi connectivity index (χ4n) is 5.37. The molecule has 1 atom stereocenters. The molecule has 1 aliphatic rings. The van der Waals surface area contributed by atoms with Gasteiger partial charge in [-0.3, -0.25) is 9.88 Å². The van der Waals surface area contributed by atoms with E-state index < -0.39 is 22.1 Å². The first kappa shape index (κ1) is 29.0. The molecular formula is C34H31N3O6S. The van der Waals surface area contributed by atoms with Crippen molar-refractivity contribution in [2.75, 3.05) is 25.7 Å². The molecule has 224 valence electrons. The SMILES string of the molecule is COc1cc2nccc(Oc3ccc(N4CC(Cc5ccccc5)N(S(=O)(=O)c5ccc(C)cc5)C4=O)cc3)c2cc1OC. The van der Waals surface area contributed by atoms with E-state index in [9.17, 15) is 13.2 Å². The number of ether oxygens (including phenoxy) is 3. The van der Waals surface area contributed by atoms with E-state index in [2.05, 4.69) is 4.98 Å². The Morgan fingerprint density at radius 1 is 0.841 bits per heavy atom. The van der Waals surface area contributed by atoms with Crippen molar-refractivity contribution in [2.24, 2.45) is 0 Å². The highest BCUT2D eigenvalue weighted by molar-refractivity contribution is 7.89. The van der Waals surface area contributed by atoms with Crippen molar-refractivity contribution >= 4 is 32.6 Å². The molecule has 0 bridgehead atoms. The summed E-state index contributed by atoms with van der Waals surface area (Å²) >= 11 is 0. The van der Waals surface area contributed by atoms with Crippen LogP contribution in [0, 0.1) is 6.92 Å². The highest BCUT2D eigenvalue weighted by Crippen LogP contribution is 2.38. The zero-order valence-corrected chi connectivity index (χ0v) is 25.3. The minimum Gasteiger partial charge on any atom is -0.493 e. The Labute approximate surface area is 256 Å². The minimum atomic E-state index is -4.10. The van der Waals surface area contributed by atoms with Crippen LogP contribution in [0.2, 0.25) is 0 Å². The highest BCUT2D eigenvalue weighted by Gasteiger charge is 2.45. The Kier molecular flexibility index (Phi) is 7.84. The Bertz CT molecular complexity index is 1910. The van der Waals surface area contributed by atoms with Gasteiger partial charge < -0.3 is 14.2 Å². The molecule has 9 nitrogen and oxygen atoms in total. The number of benzene rings is 4. The predicted molar refractivity (Wildman–Crippen MR) is 168 cm³/mol. The number of rotatable bonds is 9. The number of anilines is 1. The molecule has 10 heteroatoms. The molecule has 0 spiro atoms. The topological polar surface area (TPSA) is 98.3 Å². The van der Waals surface area contributed by atoms with Gasteiger partial charge in [-0.2, -0.15) is 0 Å². The third kappa shape index (κ3) is 5.51. The number of aryl methyl sites for hydroxylation is 1. The molecule has 0 aliphatic carbocycles. The molecule has 1 aliphatic heterocycles. The van der Waals surface area contributed by atoms with Crippen molar-refractivity contribution < 1.29 is 27.4 Å². The molecule has 1 aromatic heterocycles. The van der Waals surface area contributed by atoms with Gasteiger partial charge in [0.1, 0.15) is 11.5 Å². The van der Waals surface area contributed by atoms with E-state index in [1.54, 1.807) is 81.1 Å². The van der Waals surface area contributed by atoms with Crippen LogP contribution in [0.3, 0.4) is 0 Å². The largest absolute Gasteiger partial charge is 0.493 e. The summed E-state index contributed by atoms with van der Waals surface area (Å²) in [4.78, 5) is 19.8. The first-order valence-corrected chi connectivity index (χ1v) is 15.5. The number of carbonyl (C=O) groups excluding carboxylic acids is 1. The number of hydrogen-bond donors (Lipinski definition) is 0. The van der Waals surface area contributed by atoms with Gasteiger partial charge >= 0.3 is 6.03 Å². The summed E-state index contributed by atoms with van der Waals surface area (Å²) in [5, 5.41) is 0.740. The van der Waals surface area contributed by atoms with Crippen LogP contribution in [0.1, 0.15) is 11.1 Å². The van der Waals surface area contributed by atoms with Crippen LogP contribution in [-0.2, 0) is 16.4 Å². The highest BCUT2D eigenvalue weighted by atomic mass is 32.2. The number of hydrogen-bond acceptors (Lipinski definition) is 7. The van der Waals surface area contributed by atoms with Crippen LogP contribution >= 0.6 is 0 Å². The van der Waals surface area contributed by atoms with Crippen LogP contribution < -0.4 is 19.1 Å². The summed E-state index contributed by atoms with van der Waals surface area (Å²) < 4.78 is 45.7. The van der Waals surface area contributed by atoms with Gasteiger partial charge in [-0.15, -0.1) is 0 Å². The summed E-state index contributed by atoms with van der Waals surface area (Å²) in [6.07, 6.45) is 2.04. The molecule has 1 saturated heterocycles. The van der Waals surface area contributed by atoms with Gasteiger partial charge in [0.15, 0.2) is 11.5 Å². The van der Waals surface area contributed by atoms with Gasteiger partial charge in [0.05, 0.1) is 30.7 Å². The summed E-state index contributed by atoms with van der Waals surface area (Å²) in [5.41, 5.74) is 3.12. The maximum atomic E-state index is 13.8. The fraction of sp³-hybridized carbons (Fsp3) is 0.176. The molecule has 44 heavy (non-hydrogen) atoms. The van der Waals surface area contributed by atoms with E-state index in [-0.39, 0.29) is 11.4 Å². The molecular weight excluding hydrogens is 578 g/mol. The third-order valence-electron chi connectivity index (χ3n) is 7.62. The van der Waals surface area contributed by atoms with Crippen molar-refractivity contribution in [3.63, 3.8) is 0 Å². The number of nitrogens with zero attached hydrogens (tertiary/aromatic N) is 3. The number of methoxy groups -OCH3 is 2. The molecule has 2 amide bonds. The number of amides is 2. The summed E-state index contributed by atoms with van der Waals surface area (Å²) in [6, 6.07) is 27.3. The molecule has 4 aromatic carbocycles. The van der Waals surface area contributed by atoms with Crippen LogP contribution in [0.4, 0.5) is 10.5 Å². The van der Waals surface area contributed by atoms with Gasteiger partial charge in [-0.1, -0.05) is 48.0 Å². The van der Waals surface area contributed by atoms with Gasteiger partial charge in [0.25, 0.3) is 10.0 Å². The molecule has 0 radical (unpaired) electrons. The first-order valence-electron chi connectivity index (χ1n) is 14.0. The monoisotopic (exact) mass is 609 g/mol. The smallest absolute Gasteiger partial charge is 0.338 e. The number of aromatic nitrogens is 1. The zero-order valence-electron chi connectivity index (χ0n) is 24.5. The van der Waals surface area contributed by atoms with Crippen LogP contribution in [0.5, 0.6) is 23.0 Å². The predicted octanol–water partition coefficient (Wildman–Crippen LogP) is 6.59. The summed E-state index contributed by atoms with van der Waals surface area (Å²) in [6.45, 7) is 2.09. The molecule has 2 heterocycles. The van der Waals surface area contributed by atoms with Crippen LogP contribution in [-0.4, -0.2) is 50.5 Å². The Morgan fingerprint density at radius 3 is 2.20 bits per heavy atom. The third-order valence-corrected chi connectivity index (χ3v) is 9.46. The molecule has 0 saturated carbocycles. The Morgan fingerprint density at radius 2 is 1.52 bits per heavy atom. The second-order valence-electron chi connectivity index (χ2n) is 10.5. The standard InChI is InChI=1S/C34H31N3O6S/c1-23-9-15-28(16-10-23)44(39,40)37-26(19-24-7-5-4-6-8-24)22-36(34(37)38)25-11-13-27(14-12-25)43-31-17-18-35-30-21-33(42-3)32(41-2)20-29(30)31/h4-18,20-21,26H,19,22H2,1-3H3. The second-order valence-corrected chi connectivity index (χ2v) is 12.3. The van der Waals surface area contributed by atoms with Crippen LogP contribution in [0.15, 0.2) is 108 Å². The van der Waals surface area contributed by atoms with Gasteiger partial charge in [0.2, 0.25) is 0 Å². The van der Waals surface area contributed by atoms with E-state index in [4.69, 9.17) is 14.2 Å². The van der Waals surface area contributed by atoms with Crippen molar-refractivity contribution in [1.82, 2.24) is 9.29 Å². The van der Waals surface area contributed by atoms with Crippen molar-refractivity contribution in [2.45, 2.75) is 24.3 Å². The fourth-order valence-corrected chi connectivity index (χ4v) is 6.91. The lowest BCUT2D eigenvalue weighted by Gasteiger charge is -2.23. The summed E-state index contributed by atoms with van der Waals surface area (Å²) in [7, 11) is -0.970. The van der Waals surface area contributed by atoms with Gasteiger partial charge in [-0.25, -0.2) is 17.5 Å². The first-order chi connectivity index (χ1) is 21.3. The lowest BCUT2D eigenvalue weighted by Crippen LogP contribution is -2.41. The number of pyridine rings is 1. The van der Waals surface area contributed by atoms with Crippen molar-refractivity contribution in [1.29, 1.82) is 0 Å². The number of fused-ring (bicyclic) bond motifs is 1. The van der Waals surface area contributed by atoms with E-state index in [0.29, 0.717) is 40.6 Å². The summed E-state index contributed by atoms with van der Waals surface area (Å²) in [5.74, 6) is 2.22.